The number of ether oxygens (including phenoxy) is 1. The van der Waals surface area contributed by atoms with Crippen molar-refractivity contribution in [2.75, 3.05) is 61.5 Å². The molecule has 8 heteroatoms. The van der Waals surface area contributed by atoms with Crippen molar-refractivity contribution in [1.29, 1.82) is 0 Å². The third-order valence-electron chi connectivity index (χ3n) is 5.45. The first-order valence-electron chi connectivity index (χ1n) is 10.1. The van der Waals surface area contributed by atoms with Gasteiger partial charge in [-0.05, 0) is 37.4 Å². The maximum absolute atomic E-state index is 12.7. The van der Waals surface area contributed by atoms with Crippen LogP contribution in [0.25, 0.3) is 0 Å². The van der Waals surface area contributed by atoms with Gasteiger partial charge in [0, 0.05) is 44.2 Å². The lowest BCUT2D eigenvalue weighted by molar-refractivity contribution is -0.121. The van der Waals surface area contributed by atoms with E-state index in [9.17, 15) is 9.59 Å². The van der Waals surface area contributed by atoms with Crippen LogP contribution in [0.3, 0.4) is 0 Å². The number of hydrogen-bond acceptors (Lipinski definition) is 5. The van der Waals surface area contributed by atoms with Gasteiger partial charge in [-0.2, -0.15) is 0 Å². The van der Waals surface area contributed by atoms with Gasteiger partial charge in [0.25, 0.3) is 5.91 Å². The van der Waals surface area contributed by atoms with Crippen LogP contribution in [0.4, 0.5) is 17.1 Å². The van der Waals surface area contributed by atoms with Crippen molar-refractivity contribution < 1.29 is 14.3 Å². The number of halogens is 1. The Morgan fingerprint density at radius 1 is 1.10 bits per heavy atom. The molecule has 0 spiro atoms. The summed E-state index contributed by atoms with van der Waals surface area (Å²) in [5.41, 5.74) is 2.36. The van der Waals surface area contributed by atoms with E-state index in [4.69, 9.17) is 16.3 Å². The number of para-hydroxylation sites is 2. The van der Waals surface area contributed by atoms with Crippen LogP contribution in [0.15, 0.2) is 42.5 Å². The number of rotatable bonds is 5. The summed E-state index contributed by atoms with van der Waals surface area (Å²) < 4.78 is 5.46. The number of nitrogens with zero attached hydrogens (tertiary/aromatic N) is 3. The van der Waals surface area contributed by atoms with E-state index in [1.165, 1.54) is 0 Å². The first-order chi connectivity index (χ1) is 14.5. The lowest BCUT2D eigenvalue weighted by Gasteiger charge is -2.35. The van der Waals surface area contributed by atoms with Gasteiger partial charge in [-0.25, -0.2) is 0 Å². The summed E-state index contributed by atoms with van der Waals surface area (Å²) in [6.45, 7) is 3.99. The molecule has 2 heterocycles. The lowest BCUT2D eigenvalue weighted by atomic mass is 10.2. The Hall–Kier alpha value is -2.77. The molecule has 0 unspecified atom stereocenters. The van der Waals surface area contributed by atoms with Gasteiger partial charge in [0.05, 0.1) is 17.1 Å². The number of likely N-dealkylation sites (N-methyl/N-ethyl adjacent to an activating group) is 1. The van der Waals surface area contributed by atoms with Gasteiger partial charge in [-0.1, -0.05) is 23.7 Å². The highest BCUT2D eigenvalue weighted by atomic mass is 35.5. The van der Waals surface area contributed by atoms with E-state index in [2.05, 4.69) is 22.2 Å². The summed E-state index contributed by atoms with van der Waals surface area (Å²) in [6, 6.07) is 12.9. The number of carbonyl (C=O) groups excluding carboxylic acids is 2. The van der Waals surface area contributed by atoms with Gasteiger partial charge in [0.1, 0.15) is 5.75 Å². The number of fused-ring (bicyclic) bond motifs is 1. The lowest BCUT2D eigenvalue weighted by Crippen LogP contribution is -2.44. The first kappa shape index (κ1) is 20.5. The van der Waals surface area contributed by atoms with E-state index in [1.807, 2.05) is 36.4 Å². The van der Waals surface area contributed by atoms with Crippen LogP contribution in [-0.4, -0.2) is 63.1 Å². The number of carbonyl (C=O) groups is 2. The van der Waals surface area contributed by atoms with E-state index in [-0.39, 0.29) is 31.4 Å². The van der Waals surface area contributed by atoms with E-state index in [0.717, 1.165) is 31.9 Å². The van der Waals surface area contributed by atoms with Crippen LogP contribution >= 0.6 is 11.6 Å². The highest BCUT2D eigenvalue weighted by Crippen LogP contribution is 2.32. The molecule has 0 aromatic heterocycles. The van der Waals surface area contributed by atoms with Crippen LogP contribution in [0.1, 0.15) is 6.42 Å². The van der Waals surface area contributed by atoms with Gasteiger partial charge in [-0.3, -0.25) is 9.59 Å². The van der Waals surface area contributed by atoms with Gasteiger partial charge in [-0.15, -0.1) is 0 Å². The van der Waals surface area contributed by atoms with Crippen LogP contribution in [0.2, 0.25) is 5.02 Å². The average Bonchev–Trinajstić information content (AvgIpc) is 2.74. The highest BCUT2D eigenvalue weighted by molar-refractivity contribution is 6.31. The summed E-state index contributed by atoms with van der Waals surface area (Å²) in [7, 11) is 2.10. The van der Waals surface area contributed by atoms with Gasteiger partial charge in [0.15, 0.2) is 6.61 Å². The molecule has 2 aliphatic rings. The number of amides is 2. The van der Waals surface area contributed by atoms with Crippen molar-refractivity contribution in [3.63, 3.8) is 0 Å². The standard InChI is InChI=1S/C22H25ClN4O3/c1-25-10-12-26(13-11-25)18-7-6-16(23)14-17(18)24-21(28)8-9-27-19-4-2-3-5-20(19)30-15-22(27)29/h2-7,14H,8-13,15H2,1H3,(H,24,28). The molecule has 0 radical (unpaired) electrons. The van der Waals surface area contributed by atoms with Crippen molar-refractivity contribution in [3.05, 3.63) is 47.5 Å². The topological polar surface area (TPSA) is 65.1 Å². The Kier molecular flexibility index (Phi) is 6.11. The van der Waals surface area contributed by atoms with Crippen LogP contribution < -0.4 is 19.9 Å². The number of anilines is 3. The summed E-state index contributed by atoms with van der Waals surface area (Å²) in [5, 5.41) is 3.56. The third-order valence-corrected chi connectivity index (χ3v) is 5.68. The minimum Gasteiger partial charge on any atom is -0.482 e. The molecule has 2 aliphatic heterocycles. The second kappa shape index (κ2) is 8.93. The van der Waals surface area contributed by atoms with Gasteiger partial charge >= 0.3 is 0 Å². The molecule has 0 saturated carbocycles. The molecule has 0 bridgehead atoms. The third kappa shape index (κ3) is 4.52. The smallest absolute Gasteiger partial charge is 0.265 e. The molecular weight excluding hydrogens is 404 g/mol. The Balaban J connectivity index is 1.43. The minimum atomic E-state index is -0.163. The Morgan fingerprint density at radius 3 is 2.67 bits per heavy atom. The molecule has 0 aliphatic carbocycles. The number of piperazine rings is 1. The van der Waals surface area contributed by atoms with Crippen molar-refractivity contribution >= 4 is 40.5 Å². The Bertz CT molecular complexity index is 944. The fraction of sp³-hybridized carbons (Fsp3) is 0.364. The predicted octanol–water partition coefficient (Wildman–Crippen LogP) is 2.85. The Labute approximate surface area is 181 Å². The molecule has 4 rings (SSSR count). The summed E-state index contributed by atoms with van der Waals surface area (Å²) in [4.78, 5) is 31.2. The average molecular weight is 429 g/mol. The van der Waals surface area contributed by atoms with Crippen LogP contribution in [0.5, 0.6) is 5.75 Å². The molecule has 158 valence electrons. The zero-order valence-electron chi connectivity index (χ0n) is 16.9. The van der Waals surface area contributed by atoms with Gasteiger partial charge in [0.2, 0.25) is 5.91 Å². The number of hydrogen-bond donors (Lipinski definition) is 1. The van der Waals surface area contributed by atoms with Crippen molar-refractivity contribution in [3.8, 4) is 5.75 Å². The molecular formula is C22H25ClN4O3. The number of nitrogens with one attached hydrogen (secondary N) is 1. The maximum atomic E-state index is 12.7. The fourth-order valence-corrected chi connectivity index (χ4v) is 3.93. The van der Waals surface area contributed by atoms with Crippen molar-refractivity contribution in [2.24, 2.45) is 0 Å². The first-order valence-corrected chi connectivity index (χ1v) is 10.4. The fourth-order valence-electron chi connectivity index (χ4n) is 3.76. The summed E-state index contributed by atoms with van der Waals surface area (Å²) in [5.74, 6) is 0.344. The van der Waals surface area contributed by atoms with Crippen LogP contribution in [0, 0.1) is 0 Å². The van der Waals surface area contributed by atoms with E-state index >= 15 is 0 Å². The van der Waals surface area contributed by atoms with E-state index in [0.29, 0.717) is 22.1 Å². The summed E-state index contributed by atoms with van der Waals surface area (Å²) in [6.07, 6.45) is 0.175. The molecule has 1 fully saturated rings. The monoisotopic (exact) mass is 428 g/mol. The zero-order valence-corrected chi connectivity index (χ0v) is 17.7. The molecule has 2 amide bonds. The van der Waals surface area contributed by atoms with E-state index < -0.39 is 0 Å². The molecule has 1 saturated heterocycles. The SMILES string of the molecule is CN1CCN(c2ccc(Cl)cc2NC(=O)CCN2C(=O)COc3ccccc32)CC1. The molecule has 2 aromatic carbocycles. The second-order valence-corrected chi connectivity index (χ2v) is 7.99. The largest absolute Gasteiger partial charge is 0.482 e. The Morgan fingerprint density at radius 2 is 1.87 bits per heavy atom. The zero-order chi connectivity index (χ0) is 21.1. The van der Waals surface area contributed by atoms with Crippen molar-refractivity contribution in [2.45, 2.75) is 6.42 Å². The molecule has 1 N–H and O–H groups in total. The van der Waals surface area contributed by atoms with E-state index in [1.54, 1.807) is 11.0 Å². The molecule has 30 heavy (non-hydrogen) atoms. The molecule has 7 nitrogen and oxygen atoms in total. The van der Waals surface area contributed by atoms with Crippen molar-refractivity contribution in [1.82, 2.24) is 4.90 Å². The molecule has 2 aromatic rings. The minimum absolute atomic E-state index is 0.0134. The normalized spacial score (nSPS) is 16.8. The quantitative estimate of drug-likeness (QED) is 0.793. The summed E-state index contributed by atoms with van der Waals surface area (Å²) >= 11 is 6.19. The van der Waals surface area contributed by atoms with Crippen LogP contribution in [-0.2, 0) is 9.59 Å². The number of benzene rings is 2. The molecule has 0 atom stereocenters. The van der Waals surface area contributed by atoms with Gasteiger partial charge < -0.3 is 24.8 Å². The second-order valence-electron chi connectivity index (χ2n) is 7.55. The highest BCUT2D eigenvalue weighted by Gasteiger charge is 2.25. The maximum Gasteiger partial charge on any atom is 0.265 e. The predicted molar refractivity (Wildman–Crippen MR) is 119 cm³/mol.